The second-order valence-corrected chi connectivity index (χ2v) is 6.93. The average Bonchev–Trinajstić information content (AvgIpc) is 3.07. The first-order valence-corrected chi connectivity index (χ1v) is 8.47. The van der Waals surface area contributed by atoms with Gasteiger partial charge in [-0.1, -0.05) is 17.3 Å². The minimum Gasteiger partial charge on any atom is -0.336 e. The molecule has 114 valence electrons. The van der Waals surface area contributed by atoms with Crippen molar-refractivity contribution in [2.45, 2.75) is 31.2 Å². The molecule has 1 amide bonds. The van der Waals surface area contributed by atoms with E-state index in [1.807, 2.05) is 33.8 Å². The maximum atomic E-state index is 12.6. The van der Waals surface area contributed by atoms with Gasteiger partial charge in [0.1, 0.15) is 0 Å². The molecule has 1 aromatic carbocycles. The van der Waals surface area contributed by atoms with E-state index in [1.165, 1.54) is 12.8 Å². The van der Waals surface area contributed by atoms with E-state index < -0.39 is 0 Å². The first kappa shape index (κ1) is 13.9. The van der Waals surface area contributed by atoms with Gasteiger partial charge in [-0.3, -0.25) is 4.79 Å². The van der Waals surface area contributed by atoms with Crippen LogP contribution in [0.1, 0.15) is 47.3 Å². The Morgan fingerprint density at radius 3 is 2.82 bits per heavy atom. The summed E-state index contributed by atoms with van der Waals surface area (Å²) in [4.78, 5) is 14.5. The summed E-state index contributed by atoms with van der Waals surface area (Å²) in [5.74, 6) is 0.700. The summed E-state index contributed by atoms with van der Waals surface area (Å²) in [5, 5.41) is 8.53. The van der Waals surface area contributed by atoms with Gasteiger partial charge in [0.25, 0.3) is 5.91 Å². The summed E-state index contributed by atoms with van der Waals surface area (Å²) < 4.78 is 2.79. The summed E-state index contributed by atoms with van der Waals surface area (Å²) in [6.45, 7) is 1.47. The molecule has 22 heavy (non-hydrogen) atoms. The zero-order chi connectivity index (χ0) is 15.1. The molecule has 2 heterocycles. The molecule has 2 fully saturated rings. The van der Waals surface area contributed by atoms with Crippen LogP contribution in [-0.2, 0) is 0 Å². The predicted molar refractivity (Wildman–Crippen MR) is 85.7 cm³/mol. The molecule has 4 rings (SSSR count). The second kappa shape index (κ2) is 5.50. The predicted octanol–water partition coefficient (Wildman–Crippen LogP) is 3.01. The van der Waals surface area contributed by atoms with Crippen LogP contribution in [0.4, 0.5) is 0 Å². The molecular formula is C16H17BrN4O. The summed E-state index contributed by atoms with van der Waals surface area (Å²) in [6.07, 6.45) is 5.46. The van der Waals surface area contributed by atoms with Gasteiger partial charge in [-0.15, -0.1) is 5.10 Å². The van der Waals surface area contributed by atoms with Crippen molar-refractivity contribution in [2.24, 2.45) is 0 Å². The van der Waals surface area contributed by atoms with E-state index >= 15 is 0 Å². The Morgan fingerprint density at radius 2 is 2.05 bits per heavy atom. The lowest BCUT2D eigenvalue weighted by Crippen LogP contribution is -2.29. The molecule has 1 saturated heterocycles. The molecule has 0 N–H and O–H groups in total. The number of carbonyl (C=O) groups is 1. The number of likely N-dealkylation sites (tertiary alicyclic amines) is 1. The standard InChI is InChI=1S/C16H17BrN4O/c17-14-4-2-1-3-13(14)16(22)20-8-7-12(9-20)21-10-15(18-19-21)11-5-6-11/h1-4,10-12H,5-9H2. The Labute approximate surface area is 137 Å². The van der Waals surface area contributed by atoms with Crippen molar-refractivity contribution in [3.8, 4) is 0 Å². The van der Waals surface area contributed by atoms with E-state index in [4.69, 9.17) is 0 Å². The minimum atomic E-state index is 0.0810. The smallest absolute Gasteiger partial charge is 0.255 e. The fourth-order valence-corrected chi connectivity index (χ4v) is 3.44. The Kier molecular flexibility index (Phi) is 3.48. The van der Waals surface area contributed by atoms with Crippen molar-refractivity contribution >= 4 is 21.8 Å². The number of amides is 1. The summed E-state index contributed by atoms with van der Waals surface area (Å²) in [7, 11) is 0. The topological polar surface area (TPSA) is 51.0 Å². The maximum absolute atomic E-state index is 12.6. The van der Waals surface area contributed by atoms with E-state index in [0.717, 1.165) is 28.7 Å². The number of aromatic nitrogens is 3. The SMILES string of the molecule is O=C(c1ccccc1Br)N1CCC(n2cc(C3CC3)nn2)C1. The Bertz CT molecular complexity index is 710. The molecule has 6 heteroatoms. The van der Waals surface area contributed by atoms with E-state index in [-0.39, 0.29) is 11.9 Å². The lowest BCUT2D eigenvalue weighted by atomic mass is 10.2. The van der Waals surface area contributed by atoms with Gasteiger partial charge in [0, 0.05) is 29.7 Å². The zero-order valence-corrected chi connectivity index (χ0v) is 13.7. The number of rotatable bonds is 3. The highest BCUT2D eigenvalue weighted by molar-refractivity contribution is 9.10. The van der Waals surface area contributed by atoms with Crippen LogP contribution in [0.3, 0.4) is 0 Å². The van der Waals surface area contributed by atoms with Crippen molar-refractivity contribution in [1.82, 2.24) is 19.9 Å². The fraction of sp³-hybridized carbons (Fsp3) is 0.438. The van der Waals surface area contributed by atoms with Crippen LogP contribution in [-0.4, -0.2) is 38.9 Å². The molecule has 2 aliphatic rings. The molecule has 1 aromatic heterocycles. The highest BCUT2D eigenvalue weighted by Crippen LogP contribution is 2.39. The molecule has 2 aromatic rings. The van der Waals surface area contributed by atoms with Crippen LogP contribution >= 0.6 is 15.9 Å². The fourth-order valence-electron chi connectivity index (χ4n) is 2.98. The monoisotopic (exact) mass is 360 g/mol. The first-order valence-electron chi connectivity index (χ1n) is 7.68. The van der Waals surface area contributed by atoms with Crippen molar-refractivity contribution in [1.29, 1.82) is 0 Å². The quantitative estimate of drug-likeness (QED) is 0.845. The number of benzene rings is 1. The summed E-state index contributed by atoms with van der Waals surface area (Å²) in [6, 6.07) is 7.82. The molecule has 5 nitrogen and oxygen atoms in total. The normalized spacial score (nSPS) is 21.3. The van der Waals surface area contributed by atoms with E-state index in [2.05, 4.69) is 32.4 Å². The van der Waals surface area contributed by atoms with E-state index in [9.17, 15) is 4.79 Å². The van der Waals surface area contributed by atoms with Gasteiger partial charge in [-0.2, -0.15) is 0 Å². The first-order chi connectivity index (χ1) is 10.7. The van der Waals surface area contributed by atoms with Gasteiger partial charge in [0.2, 0.25) is 0 Å². The third-order valence-electron chi connectivity index (χ3n) is 4.45. The summed E-state index contributed by atoms with van der Waals surface area (Å²) >= 11 is 3.46. The number of halogens is 1. The number of nitrogens with zero attached hydrogens (tertiary/aromatic N) is 4. The van der Waals surface area contributed by atoms with Crippen LogP contribution in [0, 0.1) is 0 Å². The maximum Gasteiger partial charge on any atom is 0.255 e. The molecule has 0 bridgehead atoms. The van der Waals surface area contributed by atoms with Crippen LogP contribution in [0.15, 0.2) is 34.9 Å². The summed E-state index contributed by atoms with van der Waals surface area (Å²) in [5.41, 5.74) is 1.83. The highest BCUT2D eigenvalue weighted by Gasteiger charge is 2.31. The molecule has 1 unspecified atom stereocenters. The highest BCUT2D eigenvalue weighted by atomic mass is 79.9. The minimum absolute atomic E-state index is 0.0810. The molecule has 0 radical (unpaired) electrons. The number of carbonyl (C=O) groups excluding carboxylic acids is 1. The zero-order valence-electron chi connectivity index (χ0n) is 12.2. The van der Waals surface area contributed by atoms with Gasteiger partial charge in [0.15, 0.2) is 0 Å². The third kappa shape index (κ3) is 2.56. The molecule has 0 spiro atoms. The van der Waals surface area contributed by atoms with Crippen LogP contribution in [0.25, 0.3) is 0 Å². The lowest BCUT2D eigenvalue weighted by molar-refractivity contribution is 0.0786. The Balaban J connectivity index is 1.47. The average molecular weight is 361 g/mol. The van der Waals surface area contributed by atoms with Gasteiger partial charge in [0.05, 0.1) is 17.3 Å². The van der Waals surface area contributed by atoms with Crippen LogP contribution in [0.5, 0.6) is 0 Å². The van der Waals surface area contributed by atoms with Crippen molar-refractivity contribution in [3.63, 3.8) is 0 Å². The van der Waals surface area contributed by atoms with Gasteiger partial charge < -0.3 is 4.90 Å². The van der Waals surface area contributed by atoms with Gasteiger partial charge in [-0.25, -0.2) is 4.68 Å². The van der Waals surface area contributed by atoms with Crippen molar-refractivity contribution < 1.29 is 4.79 Å². The Hall–Kier alpha value is -1.69. The van der Waals surface area contributed by atoms with Crippen molar-refractivity contribution in [3.05, 3.63) is 46.2 Å². The largest absolute Gasteiger partial charge is 0.336 e. The van der Waals surface area contributed by atoms with Crippen LogP contribution in [0.2, 0.25) is 0 Å². The molecule has 1 atom stereocenters. The molecule has 1 aliphatic heterocycles. The number of hydrogen-bond donors (Lipinski definition) is 0. The van der Waals surface area contributed by atoms with E-state index in [1.54, 1.807) is 0 Å². The lowest BCUT2D eigenvalue weighted by Gasteiger charge is -2.17. The van der Waals surface area contributed by atoms with Gasteiger partial charge >= 0.3 is 0 Å². The second-order valence-electron chi connectivity index (χ2n) is 6.07. The third-order valence-corrected chi connectivity index (χ3v) is 5.14. The molecule has 1 saturated carbocycles. The Morgan fingerprint density at radius 1 is 1.23 bits per heavy atom. The van der Waals surface area contributed by atoms with Crippen molar-refractivity contribution in [2.75, 3.05) is 13.1 Å². The number of hydrogen-bond acceptors (Lipinski definition) is 3. The van der Waals surface area contributed by atoms with E-state index in [0.29, 0.717) is 12.5 Å². The molecule has 1 aliphatic carbocycles. The van der Waals surface area contributed by atoms with Gasteiger partial charge in [-0.05, 0) is 47.3 Å². The molecular weight excluding hydrogens is 344 g/mol. The van der Waals surface area contributed by atoms with Crippen LogP contribution < -0.4 is 0 Å².